The highest BCUT2D eigenvalue weighted by Crippen LogP contribution is 2.06. The Morgan fingerprint density at radius 2 is 1.42 bits per heavy atom. The summed E-state index contributed by atoms with van der Waals surface area (Å²) in [5, 5.41) is 0. The fourth-order valence-electron chi connectivity index (χ4n) is 1.61. The smallest absolute Gasteiger partial charge is 0.0108 e. The highest BCUT2D eigenvalue weighted by Gasteiger charge is 2.12. The second-order valence-corrected chi connectivity index (χ2v) is 3.08. The van der Waals surface area contributed by atoms with Crippen LogP contribution in [0.2, 0.25) is 0 Å². The van der Waals surface area contributed by atoms with E-state index in [1.54, 1.807) is 0 Å². The van der Waals surface area contributed by atoms with E-state index >= 15 is 0 Å². The van der Waals surface area contributed by atoms with Crippen molar-refractivity contribution in [1.82, 2.24) is 4.90 Å². The molecule has 0 heterocycles. The Morgan fingerprint density at radius 1 is 1.00 bits per heavy atom. The molecule has 0 rings (SSSR count). The maximum Gasteiger partial charge on any atom is 0.0108 e. The highest BCUT2D eigenvalue weighted by atomic mass is 15.2. The predicted molar refractivity (Wildman–Crippen MR) is 54.1 cm³/mol. The number of hydrogen-bond acceptors (Lipinski definition) is 3. The Morgan fingerprint density at radius 3 is 1.67 bits per heavy atom. The minimum Gasteiger partial charge on any atom is -0.329 e. The van der Waals surface area contributed by atoms with Crippen molar-refractivity contribution >= 4 is 0 Å². The molecule has 0 atom stereocenters. The van der Waals surface area contributed by atoms with Crippen LogP contribution in [0, 0.1) is 0 Å². The standard InChI is InChI=1S/C9H23N3/c1-3-9(4-2)12(7-5-10)8-6-11/h9H,3-8,10-11H2,1-2H3. The van der Waals surface area contributed by atoms with E-state index in [1.807, 2.05) is 0 Å². The Labute approximate surface area is 76.1 Å². The maximum absolute atomic E-state index is 5.52. The Bertz CT molecular complexity index is 85.8. The molecule has 0 amide bonds. The van der Waals surface area contributed by atoms with E-state index in [4.69, 9.17) is 11.5 Å². The molecule has 0 saturated heterocycles. The van der Waals surface area contributed by atoms with Crippen LogP contribution in [0.3, 0.4) is 0 Å². The van der Waals surface area contributed by atoms with Gasteiger partial charge >= 0.3 is 0 Å². The third-order valence-electron chi connectivity index (χ3n) is 2.29. The van der Waals surface area contributed by atoms with Gasteiger partial charge in [-0.05, 0) is 12.8 Å². The summed E-state index contributed by atoms with van der Waals surface area (Å²) in [5.74, 6) is 0. The summed E-state index contributed by atoms with van der Waals surface area (Å²) < 4.78 is 0. The SMILES string of the molecule is CCC(CC)N(CCN)CCN. The first kappa shape index (κ1) is 11.9. The molecule has 74 valence electrons. The van der Waals surface area contributed by atoms with Crippen LogP contribution in [0.5, 0.6) is 0 Å². The lowest BCUT2D eigenvalue weighted by atomic mass is 10.1. The maximum atomic E-state index is 5.52. The summed E-state index contributed by atoms with van der Waals surface area (Å²) in [6.07, 6.45) is 2.38. The molecular weight excluding hydrogens is 150 g/mol. The molecular formula is C9H23N3. The van der Waals surface area contributed by atoms with Gasteiger partial charge in [0.2, 0.25) is 0 Å². The first-order valence-corrected chi connectivity index (χ1v) is 4.94. The van der Waals surface area contributed by atoms with Crippen molar-refractivity contribution in [2.45, 2.75) is 32.7 Å². The zero-order chi connectivity index (χ0) is 9.40. The van der Waals surface area contributed by atoms with E-state index < -0.39 is 0 Å². The van der Waals surface area contributed by atoms with Crippen LogP contribution in [0.25, 0.3) is 0 Å². The molecule has 0 unspecified atom stereocenters. The van der Waals surface area contributed by atoms with Crippen molar-refractivity contribution in [2.24, 2.45) is 11.5 Å². The summed E-state index contributed by atoms with van der Waals surface area (Å²) >= 11 is 0. The van der Waals surface area contributed by atoms with Crippen LogP contribution >= 0.6 is 0 Å². The van der Waals surface area contributed by atoms with E-state index in [9.17, 15) is 0 Å². The Balaban J connectivity index is 3.86. The van der Waals surface area contributed by atoms with Gasteiger partial charge in [-0.25, -0.2) is 0 Å². The lowest BCUT2D eigenvalue weighted by Gasteiger charge is -2.29. The van der Waals surface area contributed by atoms with Crippen LogP contribution in [0.15, 0.2) is 0 Å². The van der Waals surface area contributed by atoms with E-state index in [1.165, 1.54) is 12.8 Å². The van der Waals surface area contributed by atoms with Crippen molar-refractivity contribution in [2.75, 3.05) is 26.2 Å². The van der Waals surface area contributed by atoms with Crippen molar-refractivity contribution in [3.63, 3.8) is 0 Å². The molecule has 0 aliphatic heterocycles. The second-order valence-electron chi connectivity index (χ2n) is 3.08. The van der Waals surface area contributed by atoms with Crippen molar-refractivity contribution in [3.05, 3.63) is 0 Å². The molecule has 0 radical (unpaired) electrons. The summed E-state index contributed by atoms with van der Waals surface area (Å²) in [6.45, 7) is 7.85. The highest BCUT2D eigenvalue weighted by molar-refractivity contribution is 4.69. The molecule has 0 saturated carbocycles. The largest absolute Gasteiger partial charge is 0.329 e. The van der Waals surface area contributed by atoms with Gasteiger partial charge in [0.15, 0.2) is 0 Å². The first-order chi connectivity index (χ1) is 5.79. The Hall–Kier alpha value is -0.120. The summed E-state index contributed by atoms with van der Waals surface area (Å²) in [5.41, 5.74) is 11.0. The number of hydrogen-bond donors (Lipinski definition) is 2. The molecule has 3 nitrogen and oxygen atoms in total. The fourth-order valence-corrected chi connectivity index (χ4v) is 1.61. The number of nitrogens with two attached hydrogens (primary N) is 2. The molecule has 0 bridgehead atoms. The van der Waals surface area contributed by atoms with Crippen molar-refractivity contribution in [1.29, 1.82) is 0 Å². The molecule has 0 fully saturated rings. The minimum atomic E-state index is 0.664. The minimum absolute atomic E-state index is 0.664. The van der Waals surface area contributed by atoms with Crippen LogP contribution in [-0.4, -0.2) is 37.1 Å². The van der Waals surface area contributed by atoms with Gasteiger partial charge in [0.05, 0.1) is 0 Å². The number of nitrogens with zero attached hydrogens (tertiary/aromatic N) is 1. The molecule has 0 aromatic carbocycles. The van der Waals surface area contributed by atoms with Gasteiger partial charge in [0.1, 0.15) is 0 Å². The Kier molecular flexibility index (Phi) is 7.45. The number of rotatable bonds is 7. The quantitative estimate of drug-likeness (QED) is 0.586. The molecule has 0 aromatic rings. The van der Waals surface area contributed by atoms with E-state index in [2.05, 4.69) is 18.7 Å². The molecule has 12 heavy (non-hydrogen) atoms. The van der Waals surface area contributed by atoms with Gasteiger partial charge < -0.3 is 11.5 Å². The van der Waals surface area contributed by atoms with Gasteiger partial charge in [-0.3, -0.25) is 4.90 Å². The zero-order valence-electron chi connectivity index (χ0n) is 8.42. The van der Waals surface area contributed by atoms with Gasteiger partial charge in [-0.2, -0.15) is 0 Å². The normalized spacial score (nSPS) is 11.5. The van der Waals surface area contributed by atoms with Crippen LogP contribution in [0.1, 0.15) is 26.7 Å². The topological polar surface area (TPSA) is 55.3 Å². The second kappa shape index (κ2) is 7.53. The lowest BCUT2D eigenvalue weighted by Crippen LogP contribution is -2.41. The molecule has 0 aliphatic rings. The third-order valence-corrected chi connectivity index (χ3v) is 2.29. The monoisotopic (exact) mass is 173 g/mol. The first-order valence-electron chi connectivity index (χ1n) is 4.94. The van der Waals surface area contributed by atoms with Gasteiger partial charge in [0.25, 0.3) is 0 Å². The summed E-state index contributed by atoms with van der Waals surface area (Å²) in [7, 11) is 0. The van der Waals surface area contributed by atoms with Gasteiger partial charge in [0, 0.05) is 32.2 Å². The van der Waals surface area contributed by atoms with E-state index in [0.29, 0.717) is 6.04 Å². The van der Waals surface area contributed by atoms with Crippen molar-refractivity contribution < 1.29 is 0 Å². The lowest BCUT2D eigenvalue weighted by molar-refractivity contribution is 0.196. The average Bonchev–Trinajstić information content (AvgIpc) is 2.07. The van der Waals surface area contributed by atoms with E-state index in [0.717, 1.165) is 26.2 Å². The summed E-state index contributed by atoms with van der Waals surface area (Å²) in [6, 6.07) is 0.664. The predicted octanol–water partition coefficient (Wildman–Crippen LogP) is 0.394. The van der Waals surface area contributed by atoms with Gasteiger partial charge in [-0.1, -0.05) is 13.8 Å². The molecule has 0 spiro atoms. The van der Waals surface area contributed by atoms with Gasteiger partial charge in [-0.15, -0.1) is 0 Å². The third kappa shape index (κ3) is 4.04. The zero-order valence-corrected chi connectivity index (χ0v) is 8.42. The molecule has 0 aliphatic carbocycles. The molecule has 0 aromatic heterocycles. The summed E-state index contributed by atoms with van der Waals surface area (Å²) in [4.78, 5) is 2.39. The van der Waals surface area contributed by atoms with Crippen LogP contribution < -0.4 is 11.5 Å². The fraction of sp³-hybridized carbons (Fsp3) is 1.00. The van der Waals surface area contributed by atoms with Crippen LogP contribution in [0.4, 0.5) is 0 Å². The molecule has 3 heteroatoms. The van der Waals surface area contributed by atoms with Crippen molar-refractivity contribution in [3.8, 4) is 0 Å². The van der Waals surface area contributed by atoms with E-state index in [-0.39, 0.29) is 0 Å². The van der Waals surface area contributed by atoms with Crippen LogP contribution in [-0.2, 0) is 0 Å². The average molecular weight is 173 g/mol. The molecule has 4 N–H and O–H groups in total.